The van der Waals surface area contributed by atoms with Crippen LogP contribution in [0.2, 0.25) is 0 Å². The Morgan fingerprint density at radius 1 is 1.53 bits per heavy atom. The van der Waals surface area contributed by atoms with Gasteiger partial charge < -0.3 is 10.4 Å². The van der Waals surface area contributed by atoms with Crippen molar-refractivity contribution in [1.82, 2.24) is 0 Å². The van der Waals surface area contributed by atoms with Gasteiger partial charge in [-0.05, 0) is 35.1 Å². The molecule has 0 aromatic heterocycles. The number of benzene rings is 1. The van der Waals surface area contributed by atoms with Crippen molar-refractivity contribution in [1.29, 1.82) is 0 Å². The molecule has 2 N–H and O–H groups in total. The minimum atomic E-state index is -0.417. The largest absolute Gasteiger partial charge is 0.396 e. The number of nitro benzene ring substituents is 1. The predicted octanol–water partition coefficient (Wildman–Crippen LogP) is 1.99. The maximum Gasteiger partial charge on any atom is 0.270 e. The summed E-state index contributed by atoms with van der Waals surface area (Å²) in [5.41, 5.74) is 0.946. The van der Waals surface area contributed by atoms with E-state index in [1.807, 2.05) is 22.6 Å². The number of aliphatic hydroxyl groups is 1. The van der Waals surface area contributed by atoms with E-state index in [1.54, 1.807) is 6.07 Å². The highest BCUT2D eigenvalue weighted by molar-refractivity contribution is 14.1. The maximum atomic E-state index is 10.5. The lowest BCUT2D eigenvalue weighted by atomic mass is 10.3. The molecule has 1 rings (SSSR count). The fraction of sp³-hybridized carbons (Fsp3) is 0.333. The third kappa shape index (κ3) is 3.63. The summed E-state index contributed by atoms with van der Waals surface area (Å²) in [6.07, 6.45) is 0.660. The highest BCUT2D eigenvalue weighted by atomic mass is 127. The first-order valence-electron chi connectivity index (χ1n) is 4.44. The Morgan fingerprint density at radius 2 is 2.27 bits per heavy atom. The lowest BCUT2D eigenvalue weighted by Crippen LogP contribution is -2.04. The lowest BCUT2D eigenvalue weighted by molar-refractivity contribution is -0.384. The van der Waals surface area contributed by atoms with Gasteiger partial charge in [0.2, 0.25) is 0 Å². The van der Waals surface area contributed by atoms with Crippen LogP contribution in [0.3, 0.4) is 0 Å². The fourth-order valence-electron chi connectivity index (χ4n) is 1.06. The van der Waals surface area contributed by atoms with Gasteiger partial charge in [-0.2, -0.15) is 0 Å². The van der Waals surface area contributed by atoms with Crippen LogP contribution in [0.4, 0.5) is 11.4 Å². The molecule has 0 aliphatic rings. The predicted molar refractivity (Wildman–Crippen MR) is 66.0 cm³/mol. The van der Waals surface area contributed by atoms with Crippen LogP contribution in [0, 0.1) is 13.7 Å². The monoisotopic (exact) mass is 322 g/mol. The Bertz CT molecular complexity index is 357. The molecule has 82 valence electrons. The number of anilines is 1. The summed E-state index contributed by atoms with van der Waals surface area (Å²) >= 11 is 2.04. The van der Waals surface area contributed by atoms with E-state index < -0.39 is 4.92 Å². The van der Waals surface area contributed by atoms with Crippen LogP contribution in [0.1, 0.15) is 6.42 Å². The molecule has 0 aliphatic heterocycles. The van der Waals surface area contributed by atoms with E-state index in [4.69, 9.17) is 5.11 Å². The normalized spacial score (nSPS) is 10.0. The summed E-state index contributed by atoms with van der Waals surface area (Å²) in [7, 11) is 0. The second-order valence-electron chi connectivity index (χ2n) is 2.93. The Kier molecular flexibility index (Phi) is 4.76. The van der Waals surface area contributed by atoms with E-state index in [0.29, 0.717) is 13.0 Å². The molecule has 0 bridgehead atoms. The third-order valence-corrected chi connectivity index (χ3v) is 2.71. The summed E-state index contributed by atoms with van der Waals surface area (Å²) in [6.45, 7) is 0.793. The van der Waals surface area contributed by atoms with Crippen LogP contribution in [0.15, 0.2) is 18.2 Å². The lowest BCUT2D eigenvalue weighted by Gasteiger charge is -2.06. The molecular formula is C9H11IN2O3. The molecule has 5 nitrogen and oxygen atoms in total. The summed E-state index contributed by atoms with van der Waals surface area (Å²) in [5.74, 6) is 0. The number of nitro groups is 1. The van der Waals surface area contributed by atoms with E-state index in [-0.39, 0.29) is 12.3 Å². The fourth-order valence-corrected chi connectivity index (χ4v) is 1.75. The molecule has 0 amide bonds. The van der Waals surface area contributed by atoms with Gasteiger partial charge in [-0.1, -0.05) is 0 Å². The Balaban J connectivity index is 2.70. The Labute approximate surface area is 101 Å². The average Bonchev–Trinajstić information content (AvgIpc) is 2.20. The summed E-state index contributed by atoms with van der Waals surface area (Å²) in [6, 6.07) is 4.66. The van der Waals surface area contributed by atoms with Crippen molar-refractivity contribution in [2.45, 2.75) is 6.42 Å². The first-order chi connectivity index (χ1) is 7.15. The van der Waals surface area contributed by atoms with Crippen molar-refractivity contribution in [3.63, 3.8) is 0 Å². The van der Waals surface area contributed by atoms with Gasteiger partial charge in [0.05, 0.1) is 4.92 Å². The van der Waals surface area contributed by atoms with Crippen LogP contribution in [0.5, 0.6) is 0 Å². The van der Waals surface area contributed by atoms with Crippen molar-refractivity contribution in [2.24, 2.45) is 0 Å². The molecule has 0 saturated heterocycles. The van der Waals surface area contributed by atoms with Gasteiger partial charge in [0.1, 0.15) is 0 Å². The average molecular weight is 322 g/mol. The van der Waals surface area contributed by atoms with Gasteiger partial charge in [0.15, 0.2) is 0 Å². The van der Waals surface area contributed by atoms with Gasteiger partial charge in [-0.25, -0.2) is 0 Å². The first kappa shape index (κ1) is 12.2. The van der Waals surface area contributed by atoms with E-state index in [2.05, 4.69) is 5.32 Å². The minimum absolute atomic E-state index is 0.0899. The highest BCUT2D eigenvalue weighted by Gasteiger charge is 2.08. The van der Waals surface area contributed by atoms with Crippen LogP contribution < -0.4 is 5.32 Å². The van der Waals surface area contributed by atoms with Gasteiger partial charge in [0, 0.05) is 34.5 Å². The topological polar surface area (TPSA) is 75.4 Å². The number of rotatable bonds is 5. The quantitative estimate of drug-likeness (QED) is 0.376. The molecule has 15 heavy (non-hydrogen) atoms. The summed E-state index contributed by atoms with van der Waals surface area (Å²) in [4.78, 5) is 10.1. The second-order valence-corrected chi connectivity index (χ2v) is 4.09. The second kappa shape index (κ2) is 5.86. The molecule has 0 radical (unpaired) electrons. The van der Waals surface area contributed by atoms with E-state index in [1.165, 1.54) is 12.1 Å². The number of nitrogens with zero attached hydrogens (tertiary/aromatic N) is 1. The zero-order valence-corrected chi connectivity index (χ0v) is 10.1. The van der Waals surface area contributed by atoms with Crippen molar-refractivity contribution >= 4 is 34.0 Å². The van der Waals surface area contributed by atoms with Crippen molar-refractivity contribution in [2.75, 3.05) is 18.5 Å². The Morgan fingerprint density at radius 3 is 2.80 bits per heavy atom. The molecule has 0 spiro atoms. The molecule has 0 heterocycles. The molecule has 0 unspecified atom stereocenters. The number of nitrogens with one attached hydrogen (secondary N) is 1. The Hall–Kier alpha value is -0.890. The molecule has 0 aliphatic carbocycles. The van der Waals surface area contributed by atoms with Crippen molar-refractivity contribution in [3.05, 3.63) is 31.9 Å². The number of hydrogen-bond donors (Lipinski definition) is 2. The molecule has 1 aromatic carbocycles. The molecule has 1 aromatic rings. The number of aliphatic hydroxyl groups excluding tert-OH is 1. The first-order valence-corrected chi connectivity index (χ1v) is 5.51. The van der Waals surface area contributed by atoms with Crippen LogP contribution >= 0.6 is 22.6 Å². The van der Waals surface area contributed by atoms with E-state index in [9.17, 15) is 10.1 Å². The number of non-ortho nitro benzene ring substituents is 1. The van der Waals surface area contributed by atoms with E-state index in [0.717, 1.165) is 9.26 Å². The maximum absolute atomic E-state index is 10.5. The van der Waals surface area contributed by atoms with Crippen LogP contribution in [-0.4, -0.2) is 23.2 Å². The standard InChI is InChI=1S/C9H11IN2O3/c10-8-6-7(12(14)15)2-3-9(8)11-4-1-5-13/h2-3,6,11,13H,1,4-5H2. The van der Waals surface area contributed by atoms with Crippen LogP contribution in [-0.2, 0) is 0 Å². The zero-order valence-electron chi connectivity index (χ0n) is 7.94. The molecule has 0 atom stereocenters. The molecule has 6 heteroatoms. The van der Waals surface area contributed by atoms with Gasteiger partial charge >= 0.3 is 0 Å². The molecular weight excluding hydrogens is 311 g/mol. The minimum Gasteiger partial charge on any atom is -0.396 e. The smallest absolute Gasteiger partial charge is 0.270 e. The molecule has 0 saturated carbocycles. The number of hydrogen-bond acceptors (Lipinski definition) is 4. The van der Waals surface area contributed by atoms with Crippen LogP contribution in [0.25, 0.3) is 0 Å². The van der Waals surface area contributed by atoms with Crippen molar-refractivity contribution in [3.8, 4) is 0 Å². The van der Waals surface area contributed by atoms with Gasteiger partial charge in [-0.15, -0.1) is 0 Å². The number of halogens is 1. The third-order valence-electron chi connectivity index (χ3n) is 1.81. The molecule has 0 fully saturated rings. The van der Waals surface area contributed by atoms with E-state index >= 15 is 0 Å². The highest BCUT2D eigenvalue weighted by Crippen LogP contribution is 2.23. The zero-order chi connectivity index (χ0) is 11.3. The van der Waals surface area contributed by atoms with Gasteiger partial charge in [-0.3, -0.25) is 10.1 Å². The van der Waals surface area contributed by atoms with Gasteiger partial charge in [0.25, 0.3) is 5.69 Å². The van der Waals surface area contributed by atoms with Crippen molar-refractivity contribution < 1.29 is 10.0 Å². The summed E-state index contributed by atoms with van der Waals surface area (Å²) in [5, 5.41) is 22.2. The SMILES string of the molecule is O=[N+]([O-])c1ccc(NCCCO)c(I)c1. The summed E-state index contributed by atoms with van der Waals surface area (Å²) < 4.78 is 0.805.